The molecule has 0 spiro atoms. The zero-order valence-corrected chi connectivity index (χ0v) is 20.1. The molecule has 0 aliphatic carbocycles. The van der Waals surface area contributed by atoms with Crippen LogP contribution in [0.3, 0.4) is 0 Å². The zero-order valence-electron chi connectivity index (χ0n) is 20.1. The van der Waals surface area contributed by atoms with Crippen molar-refractivity contribution in [3.05, 3.63) is 98.1 Å². The fourth-order valence-electron chi connectivity index (χ4n) is 4.04. The van der Waals surface area contributed by atoms with Gasteiger partial charge in [-0.2, -0.15) is 0 Å². The van der Waals surface area contributed by atoms with Crippen molar-refractivity contribution in [3.8, 4) is 22.6 Å². The van der Waals surface area contributed by atoms with Crippen molar-refractivity contribution < 1.29 is 28.5 Å². The lowest BCUT2D eigenvalue weighted by molar-refractivity contribution is -0.156. The van der Waals surface area contributed by atoms with E-state index in [4.69, 9.17) is 18.9 Å². The van der Waals surface area contributed by atoms with E-state index in [2.05, 4.69) is 13.2 Å². The molecule has 0 fully saturated rings. The summed E-state index contributed by atoms with van der Waals surface area (Å²) >= 11 is 0. The largest absolute Gasteiger partial charge is 0.454 e. The van der Waals surface area contributed by atoms with Crippen molar-refractivity contribution in [2.24, 2.45) is 0 Å². The molecule has 0 heterocycles. The van der Waals surface area contributed by atoms with Crippen molar-refractivity contribution in [2.45, 2.75) is 26.4 Å². The Labute approximate surface area is 209 Å². The summed E-state index contributed by atoms with van der Waals surface area (Å²) in [6, 6.07) is 23.3. The lowest BCUT2D eigenvalue weighted by Crippen LogP contribution is -2.20. The summed E-state index contributed by atoms with van der Waals surface area (Å²) in [5, 5.41) is 3.80. The van der Waals surface area contributed by atoms with E-state index in [1.165, 1.54) is 0 Å². The molecule has 0 N–H and O–H groups in total. The van der Waals surface area contributed by atoms with Gasteiger partial charge in [-0.1, -0.05) is 73.8 Å². The number of benzene rings is 4. The van der Waals surface area contributed by atoms with E-state index >= 15 is 0 Å². The molecule has 0 radical (unpaired) electrons. The van der Waals surface area contributed by atoms with Crippen LogP contribution in [0, 0.1) is 0 Å². The average Bonchev–Trinajstić information content (AvgIpc) is 2.88. The van der Waals surface area contributed by atoms with Crippen LogP contribution in [0.15, 0.2) is 98.1 Å². The first kappa shape index (κ1) is 24.5. The van der Waals surface area contributed by atoms with Gasteiger partial charge in [0.1, 0.15) is 11.5 Å². The number of carbonyl (C=O) groups excluding carboxylic acids is 2. The Morgan fingerprint density at radius 3 is 1.42 bits per heavy atom. The minimum Gasteiger partial charge on any atom is -0.454 e. The smallest absolute Gasteiger partial charge is 0.333 e. The number of hydrogen-bond acceptors (Lipinski definition) is 6. The number of fused-ring (bicyclic) bond motifs is 2. The molecule has 6 nitrogen and oxygen atoms in total. The van der Waals surface area contributed by atoms with Gasteiger partial charge in [0.2, 0.25) is 12.6 Å². The highest BCUT2D eigenvalue weighted by Crippen LogP contribution is 2.46. The third-order valence-electron chi connectivity index (χ3n) is 5.52. The molecule has 0 bridgehead atoms. The summed E-state index contributed by atoms with van der Waals surface area (Å²) < 4.78 is 22.8. The molecule has 0 aliphatic heterocycles. The van der Waals surface area contributed by atoms with E-state index in [0.29, 0.717) is 11.5 Å². The van der Waals surface area contributed by atoms with Crippen LogP contribution in [0.1, 0.15) is 13.8 Å². The minimum absolute atomic E-state index is 0.495. The molecule has 0 amide bonds. The van der Waals surface area contributed by atoms with Gasteiger partial charge in [0.05, 0.1) is 0 Å². The molecule has 6 heteroatoms. The highest BCUT2D eigenvalue weighted by Gasteiger charge is 2.22. The maximum absolute atomic E-state index is 11.8. The molecule has 182 valence electrons. The summed E-state index contributed by atoms with van der Waals surface area (Å²) in [6.07, 6.45) is 0.428. The van der Waals surface area contributed by atoms with Crippen molar-refractivity contribution in [1.82, 2.24) is 0 Å². The predicted octanol–water partition coefficient (Wildman–Crippen LogP) is 6.57. The second-order valence-corrected chi connectivity index (χ2v) is 7.97. The fraction of sp³-hybridized carbons (Fsp3) is 0.133. The van der Waals surface area contributed by atoms with E-state index in [1.54, 1.807) is 13.8 Å². The Hall–Kier alpha value is -4.58. The molecular formula is C30H26O6. The Morgan fingerprint density at radius 1 is 0.639 bits per heavy atom. The van der Waals surface area contributed by atoms with Crippen molar-refractivity contribution in [1.29, 1.82) is 0 Å². The van der Waals surface area contributed by atoms with Gasteiger partial charge in [0, 0.05) is 37.1 Å². The van der Waals surface area contributed by atoms with Gasteiger partial charge in [-0.3, -0.25) is 0 Å². The summed E-state index contributed by atoms with van der Waals surface area (Å²) in [5.41, 5.74) is 1.51. The van der Waals surface area contributed by atoms with Gasteiger partial charge in [-0.25, -0.2) is 9.59 Å². The summed E-state index contributed by atoms with van der Waals surface area (Å²) in [4.78, 5) is 23.5. The van der Waals surface area contributed by atoms with Gasteiger partial charge < -0.3 is 18.9 Å². The molecule has 4 rings (SSSR count). The molecule has 4 aromatic rings. The SMILES string of the molecule is C=CC(=O)OC(C)Oc1ccc2ccccc2c1-c1c(OC(C)OC(=O)C=C)ccc2ccccc12. The number of carbonyl (C=O) groups is 2. The number of esters is 2. The van der Waals surface area contributed by atoms with E-state index in [1.807, 2.05) is 72.8 Å². The molecule has 2 atom stereocenters. The van der Waals surface area contributed by atoms with Crippen LogP contribution in [-0.4, -0.2) is 24.5 Å². The normalized spacial score (nSPS) is 12.4. The summed E-state index contributed by atoms with van der Waals surface area (Å²) in [6.45, 7) is 10.1. The molecule has 0 aliphatic rings. The third-order valence-corrected chi connectivity index (χ3v) is 5.52. The lowest BCUT2D eigenvalue weighted by atomic mass is 9.92. The highest BCUT2D eigenvalue weighted by atomic mass is 16.7. The maximum Gasteiger partial charge on any atom is 0.333 e. The van der Waals surface area contributed by atoms with Crippen LogP contribution in [0.2, 0.25) is 0 Å². The number of hydrogen-bond donors (Lipinski definition) is 0. The fourth-order valence-corrected chi connectivity index (χ4v) is 4.04. The van der Waals surface area contributed by atoms with Gasteiger partial charge in [-0.15, -0.1) is 0 Å². The van der Waals surface area contributed by atoms with Crippen molar-refractivity contribution >= 4 is 33.5 Å². The van der Waals surface area contributed by atoms with Gasteiger partial charge >= 0.3 is 11.9 Å². The monoisotopic (exact) mass is 482 g/mol. The third kappa shape index (κ3) is 5.23. The first-order valence-electron chi connectivity index (χ1n) is 11.4. The predicted molar refractivity (Wildman–Crippen MR) is 140 cm³/mol. The lowest BCUT2D eigenvalue weighted by Gasteiger charge is -2.23. The van der Waals surface area contributed by atoms with Crippen molar-refractivity contribution in [2.75, 3.05) is 0 Å². The Kier molecular flexibility index (Phi) is 7.35. The van der Waals surface area contributed by atoms with Crippen LogP contribution in [0.5, 0.6) is 11.5 Å². The quantitative estimate of drug-likeness (QED) is 0.153. The standard InChI is InChI=1S/C30H26O6/c1-5-27(31)35-19(3)33-25-17-15-21-11-7-9-13-23(21)29(25)30-24-14-10-8-12-22(24)16-18-26(30)34-20(4)36-28(32)6-2/h5-20H,1-2H2,3-4H3. The Balaban J connectivity index is 1.94. The molecule has 36 heavy (non-hydrogen) atoms. The molecular weight excluding hydrogens is 456 g/mol. The molecule has 0 saturated carbocycles. The molecule has 0 aromatic heterocycles. The molecule has 2 unspecified atom stereocenters. The van der Waals surface area contributed by atoms with Crippen molar-refractivity contribution in [3.63, 3.8) is 0 Å². The van der Waals surface area contributed by atoms with Crippen LogP contribution in [-0.2, 0) is 19.1 Å². The Bertz CT molecular complexity index is 1340. The summed E-state index contributed by atoms with van der Waals surface area (Å²) in [7, 11) is 0. The Morgan fingerprint density at radius 2 is 1.03 bits per heavy atom. The first-order chi connectivity index (χ1) is 17.4. The van der Waals surface area contributed by atoms with E-state index in [0.717, 1.165) is 44.8 Å². The van der Waals surface area contributed by atoms with Crippen LogP contribution in [0.4, 0.5) is 0 Å². The van der Waals surface area contributed by atoms with Gasteiger partial charge in [-0.05, 0) is 33.7 Å². The van der Waals surface area contributed by atoms with E-state index in [9.17, 15) is 9.59 Å². The zero-order chi connectivity index (χ0) is 25.7. The topological polar surface area (TPSA) is 71.1 Å². The second kappa shape index (κ2) is 10.8. The maximum atomic E-state index is 11.8. The molecule has 4 aromatic carbocycles. The number of ether oxygens (including phenoxy) is 4. The minimum atomic E-state index is -0.873. The highest BCUT2D eigenvalue weighted by molar-refractivity contribution is 6.09. The molecule has 0 saturated heterocycles. The summed E-state index contributed by atoms with van der Waals surface area (Å²) in [5.74, 6) is -0.182. The average molecular weight is 483 g/mol. The van der Waals surface area contributed by atoms with Crippen LogP contribution >= 0.6 is 0 Å². The second-order valence-electron chi connectivity index (χ2n) is 7.97. The first-order valence-corrected chi connectivity index (χ1v) is 11.4. The van der Waals surface area contributed by atoms with E-state index in [-0.39, 0.29) is 0 Å². The van der Waals surface area contributed by atoms with Crippen LogP contribution < -0.4 is 9.47 Å². The van der Waals surface area contributed by atoms with Gasteiger partial charge in [0.25, 0.3) is 0 Å². The van der Waals surface area contributed by atoms with Crippen LogP contribution in [0.25, 0.3) is 32.7 Å². The van der Waals surface area contributed by atoms with E-state index < -0.39 is 24.5 Å². The van der Waals surface area contributed by atoms with Gasteiger partial charge in [0.15, 0.2) is 0 Å². The number of rotatable bonds is 9.